The molecule has 2 saturated carbocycles. The minimum absolute atomic E-state index is 0.0236. The van der Waals surface area contributed by atoms with Crippen LogP contribution in [0.1, 0.15) is 68.3 Å². The number of hydrogen-bond acceptors (Lipinski definition) is 4. The van der Waals surface area contributed by atoms with E-state index in [1.165, 1.54) is 18.3 Å². The zero-order valence-corrected chi connectivity index (χ0v) is 17.1. The van der Waals surface area contributed by atoms with E-state index in [0.717, 1.165) is 31.4 Å². The Bertz CT molecular complexity index is 975. The van der Waals surface area contributed by atoms with Crippen LogP contribution in [0.3, 0.4) is 0 Å². The molecule has 0 aromatic carbocycles. The lowest BCUT2D eigenvalue weighted by Crippen LogP contribution is -2.45. The minimum atomic E-state index is -2.62. The van der Waals surface area contributed by atoms with E-state index in [9.17, 15) is 23.5 Å². The van der Waals surface area contributed by atoms with Crippen molar-refractivity contribution in [2.45, 2.75) is 69.4 Å². The molecule has 2 heterocycles. The molecule has 10 heteroatoms. The number of nitrogens with one attached hydrogen (secondary N) is 2. The molecule has 0 aliphatic heterocycles. The first-order valence-corrected chi connectivity index (χ1v) is 10.4. The third kappa shape index (κ3) is 4.67. The number of aromatic nitrogens is 3. The number of aromatic amines is 1. The van der Waals surface area contributed by atoms with Gasteiger partial charge >= 0.3 is 6.09 Å². The van der Waals surface area contributed by atoms with Crippen LogP contribution in [-0.2, 0) is 11.2 Å². The molecule has 2 fully saturated rings. The van der Waals surface area contributed by atoms with E-state index in [-0.39, 0.29) is 35.2 Å². The van der Waals surface area contributed by atoms with Gasteiger partial charge in [0.2, 0.25) is 5.91 Å². The fourth-order valence-corrected chi connectivity index (χ4v) is 4.41. The molecule has 4 rings (SSSR count). The van der Waals surface area contributed by atoms with Crippen molar-refractivity contribution in [3.05, 3.63) is 41.3 Å². The topological polar surface area (TPSA) is 111 Å². The summed E-state index contributed by atoms with van der Waals surface area (Å²) in [6.45, 7) is 1.99. The van der Waals surface area contributed by atoms with E-state index >= 15 is 0 Å². The van der Waals surface area contributed by atoms with Crippen LogP contribution in [0.25, 0.3) is 0 Å². The molecule has 2 aromatic rings. The number of halogens is 2. The van der Waals surface area contributed by atoms with Crippen molar-refractivity contribution < 1.29 is 23.5 Å². The zero-order chi connectivity index (χ0) is 22.2. The molecule has 3 N–H and O–H groups in total. The number of anilines is 1. The Morgan fingerprint density at radius 3 is 2.81 bits per heavy atom. The van der Waals surface area contributed by atoms with Gasteiger partial charge in [-0.1, -0.05) is 0 Å². The van der Waals surface area contributed by atoms with Gasteiger partial charge in [0.15, 0.2) is 5.82 Å². The third-order valence-electron chi connectivity index (χ3n) is 6.27. The first-order chi connectivity index (χ1) is 14.7. The molecule has 2 aliphatic rings. The second kappa shape index (κ2) is 8.24. The van der Waals surface area contributed by atoms with Crippen LogP contribution in [0, 0.1) is 0 Å². The molecule has 2 atom stereocenters. The Morgan fingerprint density at radius 1 is 1.35 bits per heavy atom. The lowest BCUT2D eigenvalue weighted by molar-refractivity contribution is -0.115. The number of pyridine rings is 1. The summed E-state index contributed by atoms with van der Waals surface area (Å²) in [7, 11) is 0. The number of amides is 2. The van der Waals surface area contributed by atoms with Crippen molar-refractivity contribution in [2.75, 3.05) is 5.32 Å². The molecule has 8 nitrogen and oxygen atoms in total. The van der Waals surface area contributed by atoms with Gasteiger partial charge in [-0.3, -0.25) is 19.8 Å². The second-order valence-corrected chi connectivity index (χ2v) is 8.63. The van der Waals surface area contributed by atoms with Crippen LogP contribution in [0.15, 0.2) is 24.4 Å². The largest absolute Gasteiger partial charge is 0.465 e. The SMILES string of the molecule is CC1(N(C(=O)O)C2CCC(c3cc(NC(=O)Cc4cc(C(F)F)ccn4)n[nH]3)C2)CC1. The van der Waals surface area contributed by atoms with E-state index in [1.54, 1.807) is 11.0 Å². The first-order valence-electron chi connectivity index (χ1n) is 10.4. The average Bonchev–Trinajstić information content (AvgIpc) is 3.08. The predicted molar refractivity (Wildman–Crippen MR) is 108 cm³/mol. The van der Waals surface area contributed by atoms with Crippen molar-refractivity contribution in [1.29, 1.82) is 0 Å². The maximum atomic E-state index is 12.8. The number of nitrogens with zero attached hydrogens (tertiary/aromatic N) is 3. The number of alkyl halides is 2. The molecule has 0 spiro atoms. The van der Waals surface area contributed by atoms with Crippen LogP contribution in [-0.4, -0.2) is 48.8 Å². The Kier molecular flexibility index (Phi) is 5.63. The van der Waals surface area contributed by atoms with Crippen LogP contribution in [0.4, 0.5) is 19.4 Å². The number of hydrogen-bond donors (Lipinski definition) is 3. The van der Waals surface area contributed by atoms with E-state index in [0.29, 0.717) is 12.2 Å². The number of carboxylic acid groups (broad SMARTS) is 1. The molecule has 0 radical (unpaired) electrons. The molecule has 31 heavy (non-hydrogen) atoms. The highest BCUT2D eigenvalue weighted by Gasteiger charge is 2.50. The maximum absolute atomic E-state index is 12.8. The highest BCUT2D eigenvalue weighted by Crippen LogP contribution is 2.47. The van der Waals surface area contributed by atoms with Crippen molar-refractivity contribution in [3.63, 3.8) is 0 Å². The van der Waals surface area contributed by atoms with Gasteiger partial charge in [0.05, 0.1) is 12.1 Å². The number of rotatable bonds is 7. The third-order valence-corrected chi connectivity index (χ3v) is 6.27. The lowest BCUT2D eigenvalue weighted by atomic mass is 10.0. The molecule has 2 aromatic heterocycles. The normalized spacial score (nSPS) is 21.8. The van der Waals surface area contributed by atoms with Crippen LogP contribution in [0.5, 0.6) is 0 Å². The van der Waals surface area contributed by atoms with Gasteiger partial charge in [-0.05, 0) is 51.2 Å². The average molecular weight is 433 g/mol. The molecular formula is C21H25F2N5O3. The molecule has 166 valence electrons. The molecular weight excluding hydrogens is 408 g/mol. The summed E-state index contributed by atoms with van der Waals surface area (Å²) in [6.07, 6.45) is 1.77. The maximum Gasteiger partial charge on any atom is 0.408 e. The van der Waals surface area contributed by atoms with Gasteiger partial charge in [0, 0.05) is 41.0 Å². The van der Waals surface area contributed by atoms with Crippen LogP contribution >= 0.6 is 0 Å². The Labute approximate surface area is 178 Å². The molecule has 0 bridgehead atoms. The van der Waals surface area contributed by atoms with E-state index in [2.05, 4.69) is 20.5 Å². The summed E-state index contributed by atoms with van der Waals surface area (Å²) < 4.78 is 25.6. The molecule has 2 amide bonds. The lowest BCUT2D eigenvalue weighted by Gasteiger charge is -2.32. The van der Waals surface area contributed by atoms with Gasteiger partial charge < -0.3 is 10.4 Å². The standard InChI is InChI=1S/C21H25F2N5O3/c1-21(5-6-21)28(20(30)31)15-3-2-12(9-15)16-11-17(27-26-16)25-18(29)10-14-8-13(19(22)23)4-7-24-14/h4,7-8,11-12,15,19H,2-3,5-6,9-10H2,1H3,(H,30,31)(H2,25,26,27,29). The van der Waals surface area contributed by atoms with Crippen molar-refractivity contribution in [3.8, 4) is 0 Å². The fourth-order valence-electron chi connectivity index (χ4n) is 4.41. The smallest absolute Gasteiger partial charge is 0.408 e. The molecule has 0 saturated heterocycles. The highest BCUT2D eigenvalue weighted by atomic mass is 19.3. The van der Waals surface area contributed by atoms with E-state index in [1.807, 2.05) is 6.92 Å². The predicted octanol–water partition coefficient (Wildman–Crippen LogP) is 4.09. The van der Waals surface area contributed by atoms with E-state index in [4.69, 9.17) is 0 Å². The quantitative estimate of drug-likeness (QED) is 0.609. The summed E-state index contributed by atoms with van der Waals surface area (Å²) in [4.78, 5) is 29.6. The molecule has 2 aliphatic carbocycles. The summed E-state index contributed by atoms with van der Waals surface area (Å²) in [6, 6.07) is 4.16. The van der Waals surface area contributed by atoms with Crippen molar-refractivity contribution >= 4 is 17.8 Å². The fraction of sp³-hybridized carbons (Fsp3) is 0.524. The summed E-state index contributed by atoms with van der Waals surface area (Å²) in [5.74, 6) is 0.0782. The van der Waals surface area contributed by atoms with Gasteiger partial charge in [-0.25, -0.2) is 13.6 Å². The van der Waals surface area contributed by atoms with Gasteiger partial charge in [0.1, 0.15) is 0 Å². The monoisotopic (exact) mass is 433 g/mol. The summed E-state index contributed by atoms with van der Waals surface area (Å²) >= 11 is 0. The molecule has 2 unspecified atom stereocenters. The number of carbonyl (C=O) groups is 2. The summed E-state index contributed by atoms with van der Waals surface area (Å²) in [5.41, 5.74) is 0.689. The van der Waals surface area contributed by atoms with Crippen molar-refractivity contribution in [1.82, 2.24) is 20.1 Å². The van der Waals surface area contributed by atoms with Gasteiger partial charge in [0.25, 0.3) is 6.43 Å². The van der Waals surface area contributed by atoms with Crippen LogP contribution < -0.4 is 5.32 Å². The van der Waals surface area contributed by atoms with Gasteiger partial charge in [-0.15, -0.1) is 0 Å². The van der Waals surface area contributed by atoms with Crippen molar-refractivity contribution in [2.24, 2.45) is 0 Å². The summed E-state index contributed by atoms with van der Waals surface area (Å²) in [5, 5.41) is 19.4. The Hall–Kier alpha value is -3.04. The second-order valence-electron chi connectivity index (χ2n) is 8.63. The minimum Gasteiger partial charge on any atom is -0.465 e. The Balaban J connectivity index is 1.35. The number of H-pyrrole nitrogens is 1. The van der Waals surface area contributed by atoms with Crippen LogP contribution in [0.2, 0.25) is 0 Å². The number of carbonyl (C=O) groups excluding carboxylic acids is 1. The first kappa shape index (κ1) is 21.2. The highest BCUT2D eigenvalue weighted by molar-refractivity contribution is 5.91. The Morgan fingerprint density at radius 2 is 2.13 bits per heavy atom. The van der Waals surface area contributed by atoms with E-state index < -0.39 is 18.4 Å². The zero-order valence-electron chi connectivity index (χ0n) is 17.1. The van der Waals surface area contributed by atoms with Gasteiger partial charge in [-0.2, -0.15) is 5.10 Å².